The van der Waals surface area contributed by atoms with Gasteiger partial charge in [-0.2, -0.15) is 0 Å². The molecule has 0 radical (unpaired) electrons. The molecule has 3 heterocycles. The van der Waals surface area contributed by atoms with Crippen molar-refractivity contribution in [2.75, 3.05) is 11.9 Å². The maximum Gasteiger partial charge on any atom is 0.162 e. The van der Waals surface area contributed by atoms with Gasteiger partial charge in [0.15, 0.2) is 5.82 Å². The van der Waals surface area contributed by atoms with Crippen LogP contribution in [0.1, 0.15) is 17.5 Å². The van der Waals surface area contributed by atoms with Crippen LogP contribution >= 0.6 is 11.3 Å². The van der Waals surface area contributed by atoms with Gasteiger partial charge in [0.05, 0.1) is 10.2 Å². The van der Waals surface area contributed by atoms with Crippen LogP contribution in [0.4, 0.5) is 5.82 Å². The van der Waals surface area contributed by atoms with E-state index in [0.29, 0.717) is 0 Å². The van der Waals surface area contributed by atoms with Crippen molar-refractivity contribution in [1.29, 1.82) is 0 Å². The van der Waals surface area contributed by atoms with Gasteiger partial charge in [-0.1, -0.05) is 60.2 Å². The Morgan fingerprint density at radius 3 is 2.41 bits per heavy atom. The van der Waals surface area contributed by atoms with E-state index in [4.69, 9.17) is 9.97 Å². The van der Waals surface area contributed by atoms with Crippen LogP contribution in [0.15, 0.2) is 84.5 Å². The number of anilines is 1. The SMILES string of the molecule is Cc1ccc(-c2csc3c(NCCCc4ccccc4)nc(-c4ccncc4)nc23)cc1. The largest absolute Gasteiger partial charge is 0.369 e. The molecular weight excluding hydrogens is 412 g/mol. The summed E-state index contributed by atoms with van der Waals surface area (Å²) in [5, 5.41) is 5.78. The zero-order valence-corrected chi connectivity index (χ0v) is 18.8. The molecule has 32 heavy (non-hydrogen) atoms. The van der Waals surface area contributed by atoms with E-state index in [1.807, 2.05) is 12.1 Å². The third-order valence-electron chi connectivity index (χ3n) is 5.49. The molecule has 0 fully saturated rings. The van der Waals surface area contributed by atoms with Crippen molar-refractivity contribution in [2.45, 2.75) is 19.8 Å². The summed E-state index contributed by atoms with van der Waals surface area (Å²) in [6.07, 6.45) is 5.64. The maximum absolute atomic E-state index is 4.97. The van der Waals surface area contributed by atoms with E-state index in [0.717, 1.165) is 52.4 Å². The van der Waals surface area contributed by atoms with Gasteiger partial charge in [-0.3, -0.25) is 4.98 Å². The fraction of sp³-hybridized carbons (Fsp3) is 0.148. The molecule has 158 valence electrons. The predicted molar refractivity (Wildman–Crippen MR) is 134 cm³/mol. The Morgan fingerprint density at radius 2 is 1.62 bits per heavy atom. The molecule has 0 amide bonds. The third kappa shape index (κ3) is 4.39. The van der Waals surface area contributed by atoms with Gasteiger partial charge in [0.25, 0.3) is 0 Å². The van der Waals surface area contributed by atoms with Gasteiger partial charge in [-0.05, 0) is 43.0 Å². The first-order valence-electron chi connectivity index (χ1n) is 10.8. The van der Waals surface area contributed by atoms with Crippen LogP contribution in [-0.2, 0) is 6.42 Å². The Bertz CT molecular complexity index is 1310. The van der Waals surface area contributed by atoms with Crippen LogP contribution in [0.3, 0.4) is 0 Å². The number of hydrogen-bond donors (Lipinski definition) is 1. The van der Waals surface area contributed by atoms with Gasteiger partial charge < -0.3 is 5.32 Å². The van der Waals surface area contributed by atoms with Crippen molar-refractivity contribution in [3.63, 3.8) is 0 Å². The smallest absolute Gasteiger partial charge is 0.162 e. The van der Waals surface area contributed by atoms with E-state index in [1.165, 1.54) is 16.7 Å². The molecule has 5 heteroatoms. The van der Waals surface area contributed by atoms with E-state index in [9.17, 15) is 0 Å². The first-order chi connectivity index (χ1) is 15.8. The summed E-state index contributed by atoms with van der Waals surface area (Å²) in [5.74, 6) is 1.62. The lowest BCUT2D eigenvalue weighted by Crippen LogP contribution is -2.06. The molecule has 0 aliphatic rings. The number of pyridine rings is 1. The molecule has 0 bridgehead atoms. The van der Waals surface area contributed by atoms with E-state index in [2.05, 4.69) is 77.2 Å². The van der Waals surface area contributed by atoms with Gasteiger partial charge in [0.1, 0.15) is 5.82 Å². The lowest BCUT2D eigenvalue weighted by molar-refractivity contribution is 0.860. The maximum atomic E-state index is 4.97. The van der Waals surface area contributed by atoms with Crippen LogP contribution in [0.2, 0.25) is 0 Å². The van der Waals surface area contributed by atoms with Crippen molar-refractivity contribution < 1.29 is 0 Å². The zero-order valence-electron chi connectivity index (χ0n) is 18.0. The topological polar surface area (TPSA) is 50.7 Å². The highest BCUT2D eigenvalue weighted by Crippen LogP contribution is 2.37. The monoisotopic (exact) mass is 436 g/mol. The van der Waals surface area contributed by atoms with E-state index in [-0.39, 0.29) is 0 Å². The molecule has 0 aliphatic carbocycles. The summed E-state index contributed by atoms with van der Waals surface area (Å²) in [6.45, 7) is 2.96. The molecular formula is C27H24N4S. The molecule has 1 N–H and O–H groups in total. The predicted octanol–water partition coefficient (Wildman–Crippen LogP) is 6.77. The quantitative estimate of drug-likeness (QED) is 0.286. The van der Waals surface area contributed by atoms with Gasteiger partial charge in [0.2, 0.25) is 0 Å². The number of aryl methyl sites for hydroxylation is 2. The zero-order chi connectivity index (χ0) is 21.8. The van der Waals surface area contributed by atoms with Crippen LogP contribution in [0.5, 0.6) is 0 Å². The van der Waals surface area contributed by atoms with Gasteiger partial charge in [-0.25, -0.2) is 9.97 Å². The van der Waals surface area contributed by atoms with Crippen LogP contribution in [0.25, 0.3) is 32.7 Å². The number of benzene rings is 2. The fourth-order valence-electron chi connectivity index (χ4n) is 3.75. The highest BCUT2D eigenvalue weighted by atomic mass is 32.1. The standard InChI is InChI=1S/C27H24N4S/c1-19-9-11-21(12-10-19)23-18-32-25-24(23)30-26(22-13-16-28-17-14-22)31-27(25)29-15-5-8-20-6-3-2-4-7-20/h2-4,6-7,9-14,16-18H,5,8,15H2,1H3,(H,29,30,31). The van der Waals surface area contributed by atoms with Gasteiger partial charge in [-0.15, -0.1) is 11.3 Å². The second-order valence-corrected chi connectivity index (χ2v) is 8.72. The molecule has 5 rings (SSSR count). The molecule has 0 aliphatic heterocycles. The van der Waals surface area contributed by atoms with Gasteiger partial charge in [0, 0.05) is 35.4 Å². The average molecular weight is 437 g/mol. The average Bonchev–Trinajstić information content (AvgIpc) is 3.28. The first-order valence-corrected chi connectivity index (χ1v) is 11.7. The lowest BCUT2D eigenvalue weighted by atomic mass is 10.1. The summed E-state index contributed by atoms with van der Waals surface area (Å²) in [5.41, 5.74) is 6.89. The molecule has 0 atom stereocenters. The Morgan fingerprint density at radius 1 is 0.844 bits per heavy atom. The minimum Gasteiger partial charge on any atom is -0.369 e. The van der Waals surface area contributed by atoms with Crippen LogP contribution in [-0.4, -0.2) is 21.5 Å². The van der Waals surface area contributed by atoms with Crippen molar-refractivity contribution >= 4 is 27.4 Å². The number of aromatic nitrogens is 3. The van der Waals surface area contributed by atoms with Crippen molar-refractivity contribution in [3.8, 4) is 22.5 Å². The number of hydrogen-bond acceptors (Lipinski definition) is 5. The third-order valence-corrected chi connectivity index (χ3v) is 6.47. The van der Waals surface area contributed by atoms with Crippen LogP contribution < -0.4 is 5.32 Å². The Labute approximate surface area is 192 Å². The minimum atomic E-state index is 0.720. The molecule has 0 spiro atoms. The molecule has 0 unspecified atom stereocenters. The number of thiophene rings is 1. The first kappa shape index (κ1) is 20.3. The summed E-state index contributed by atoms with van der Waals surface area (Å²) in [4.78, 5) is 14.0. The molecule has 5 aromatic rings. The number of fused-ring (bicyclic) bond motifs is 1. The number of nitrogens with one attached hydrogen (secondary N) is 1. The highest BCUT2D eigenvalue weighted by Gasteiger charge is 2.15. The van der Waals surface area contributed by atoms with Gasteiger partial charge >= 0.3 is 0 Å². The molecule has 0 saturated carbocycles. The normalized spacial score (nSPS) is 11.0. The highest BCUT2D eigenvalue weighted by molar-refractivity contribution is 7.18. The van der Waals surface area contributed by atoms with Crippen molar-refractivity contribution in [1.82, 2.24) is 15.0 Å². The Hall–Kier alpha value is -3.57. The van der Waals surface area contributed by atoms with E-state index in [1.54, 1.807) is 23.7 Å². The van der Waals surface area contributed by atoms with E-state index < -0.39 is 0 Å². The Kier molecular flexibility index (Phi) is 5.90. The van der Waals surface area contributed by atoms with Crippen molar-refractivity contribution in [3.05, 3.63) is 95.6 Å². The number of rotatable bonds is 7. The Balaban J connectivity index is 1.48. The second kappa shape index (κ2) is 9.28. The van der Waals surface area contributed by atoms with E-state index >= 15 is 0 Å². The summed E-state index contributed by atoms with van der Waals surface area (Å²) < 4.78 is 1.10. The molecule has 2 aromatic carbocycles. The molecule has 4 nitrogen and oxygen atoms in total. The molecule has 3 aromatic heterocycles. The van der Waals surface area contributed by atoms with Crippen LogP contribution in [0, 0.1) is 6.92 Å². The molecule has 0 saturated heterocycles. The second-order valence-electron chi connectivity index (χ2n) is 7.84. The fourth-order valence-corrected chi connectivity index (χ4v) is 4.73. The number of nitrogens with zero attached hydrogens (tertiary/aromatic N) is 3. The lowest BCUT2D eigenvalue weighted by Gasteiger charge is -2.10. The summed E-state index contributed by atoms with van der Waals surface area (Å²) in [6, 6.07) is 23.1. The van der Waals surface area contributed by atoms with Crippen molar-refractivity contribution in [2.24, 2.45) is 0 Å². The summed E-state index contributed by atoms with van der Waals surface area (Å²) >= 11 is 1.70. The minimum absolute atomic E-state index is 0.720. The summed E-state index contributed by atoms with van der Waals surface area (Å²) in [7, 11) is 0.